The van der Waals surface area contributed by atoms with Crippen LogP contribution in [0, 0.1) is 6.92 Å². The topological polar surface area (TPSA) is 145 Å². The van der Waals surface area contributed by atoms with Gasteiger partial charge in [-0.15, -0.1) is 0 Å². The molecular formula is C28H30F3N8O4P. The van der Waals surface area contributed by atoms with E-state index >= 15 is 0 Å². The molecule has 0 aliphatic carbocycles. The number of alkyl halides is 3. The van der Waals surface area contributed by atoms with E-state index in [0.29, 0.717) is 47.2 Å². The van der Waals surface area contributed by atoms with Gasteiger partial charge in [0.25, 0.3) is 5.91 Å². The lowest BCUT2D eigenvalue weighted by Crippen LogP contribution is -2.21. The third-order valence-electron chi connectivity index (χ3n) is 6.67. The van der Waals surface area contributed by atoms with Crippen molar-refractivity contribution in [2.75, 3.05) is 30.9 Å². The molecule has 1 aromatic carbocycles. The van der Waals surface area contributed by atoms with Crippen LogP contribution in [0.5, 0.6) is 0 Å². The average Bonchev–Trinajstić information content (AvgIpc) is 3.45. The number of rotatable bonds is 3. The molecule has 7 heterocycles. The van der Waals surface area contributed by atoms with Crippen LogP contribution in [0.1, 0.15) is 40.5 Å². The lowest BCUT2D eigenvalue weighted by Gasteiger charge is -2.19. The molecule has 44 heavy (non-hydrogen) atoms. The quantitative estimate of drug-likeness (QED) is 0.229. The number of amides is 1. The highest BCUT2D eigenvalue weighted by Crippen LogP contribution is 2.51. The highest BCUT2D eigenvalue weighted by atomic mass is 31.2. The van der Waals surface area contributed by atoms with Crippen LogP contribution in [0.4, 0.5) is 36.3 Å². The second-order valence-electron chi connectivity index (χ2n) is 9.89. The van der Waals surface area contributed by atoms with Crippen molar-refractivity contribution < 1.29 is 31.6 Å². The van der Waals surface area contributed by atoms with Gasteiger partial charge < -0.3 is 25.0 Å². The van der Waals surface area contributed by atoms with Crippen LogP contribution < -0.4 is 16.0 Å². The number of halogens is 3. The van der Waals surface area contributed by atoms with Crippen LogP contribution in [0.2, 0.25) is 0 Å². The normalized spacial score (nSPS) is 17.2. The van der Waals surface area contributed by atoms with Crippen molar-refractivity contribution in [3.8, 4) is 11.3 Å². The van der Waals surface area contributed by atoms with Crippen LogP contribution in [0.25, 0.3) is 11.3 Å². The predicted molar refractivity (Wildman–Crippen MR) is 157 cm³/mol. The van der Waals surface area contributed by atoms with Crippen molar-refractivity contribution in [3.63, 3.8) is 0 Å². The minimum absolute atomic E-state index is 0.00851. The Bertz CT molecular complexity index is 1730. The maximum atomic E-state index is 14.0. The standard InChI is InChI=1S/C28H30F3N8O4P/c1-4-42-44(41)16-18-6-7-21(17(2)12-18)37-27-33-14-20(28(29,30)31)25(38-27)36-23-9-8-22(35-24(23)26(40)32-3)19-13-34-39(15-19)10-5-11-43-44/h6-9,12-15H,4-5,10-11,16H2,1-3H3,(H,32,40)(H2,33,36,37,38)/t44-/m0/s1. The van der Waals surface area contributed by atoms with Gasteiger partial charge in [-0.2, -0.15) is 23.3 Å². The fraction of sp³-hybridized carbons (Fsp3) is 0.321. The van der Waals surface area contributed by atoms with Gasteiger partial charge in [0.2, 0.25) is 5.95 Å². The largest absolute Gasteiger partial charge is 0.421 e. The second kappa shape index (κ2) is 12.7. The molecule has 3 aromatic heterocycles. The Balaban J connectivity index is 1.61. The van der Waals surface area contributed by atoms with E-state index in [1.807, 2.05) is 0 Å². The van der Waals surface area contributed by atoms with Crippen LogP contribution in [-0.4, -0.2) is 50.9 Å². The molecule has 8 bridgehead atoms. The molecule has 3 N–H and O–H groups in total. The van der Waals surface area contributed by atoms with E-state index in [9.17, 15) is 22.5 Å². The molecule has 1 amide bonds. The lowest BCUT2D eigenvalue weighted by atomic mass is 10.1. The van der Waals surface area contributed by atoms with Gasteiger partial charge in [-0.25, -0.2) is 9.97 Å². The molecule has 8 rings (SSSR count). The van der Waals surface area contributed by atoms with Gasteiger partial charge in [-0.05, 0) is 49.6 Å². The number of hydrogen-bond acceptors (Lipinski definition) is 10. The highest BCUT2D eigenvalue weighted by molar-refractivity contribution is 7.53. The zero-order valence-electron chi connectivity index (χ0n) is 24.1. The first-order valence-corrected chi connectivity index (χ1v) is 15.4. The van der Waals surface area contributed by atoms with Gasteiger partial charge in [0, 0.05) is 37.2 Å². The molecular weight excluding hydrogens is 600 g/mol. The third kappa shape index (κ3) is 7.07. The summed E-state index contributed by atoms with van der Waals surface area (Å²) in [5, 5.41) is 12.4. The zero-order valence-corrected chi connectivity index (χ0v) is 25.0. The van der Waals surface area contributed by atoms with Crippen molar-refractivity contribution in [2.45, 2.75) is 39.2 Å². The molecule has 0 fully saturated rings. The number of nitrogens with one attached hydrogen (secondary N) is 3. The van der Waals surface area contributed by atoms with Crippen molar-refractivity contribution in [2.24, 2.45) is 0 Å². The number of aryl methyl sites for hydroxylation is 2. The molecule has 16 heteroatoms. The van der Waals surface area contributed by atoms with Crippen molar-refractivity contribution in [3.05, 3.63) is 71.3 Å². The minimum atomic E-state index is -4.80. The number of benzene rings is 1. The maximum absolute atomic E-state index is 14.0. The first-order chi connectivity index (χ1) is 21.0. The van der Waals surface area contributed by atoms with E-state index in [2.05, 4.69) is 36.0 Å². The van der Waals surface area contributed by atoms with Gasteiger partial charge in [-0.3, -0.25) is 14.0 Å². The molecule has 232 valence electrons. The summed E-state index contributed by atoms with van der Waals surface area (Å²) in [6.45, 7) is 4.31. The number of aromatic nitrogens is 5. The number of hydrogen-bond donors (Lipinski definition) is 3. The third-order valence-corrected chi connectivity index (χ3v) is 8.65. The van der Waals surface area contributed by atoms with E-state index in [1.54, 1.807) is 55.2 Å². The molecule has 0 radical (unpaired) electrons. The Labute approximate surface area is 251 Å². The van der Waals surface area contributed by atoms with Crippen LogP contribution >= 0.6 is 7.60 Å². The molecule has 0 saturated heterocycles. The fourth-order valence-corrected chi connectivity index (χ4v) is 6.27. The van der Waals surface area contributed by atoms with Crippen LogP contribution in [0.15, 0.2) is 48.9 Å². The molecule has 0 unspecified atom stereocenters. The van der Waals surface area contributed by atoms with Gasteiger partial charge in [0.05, 0.1) is 37.0 Å². The Hall–Kier alpha value is -4.33. The lowest BCUT2D eigenvalue weighted by molar-refractivity contribution is -0.137. The van der Waals surface area contributed by atoms with Crippen molar-refractivity contribution in [1.29, 1.82) is 0 Å². The van der Waals surface area contributed by atoms with Crippen molar-refractivity contribution in [1.82, 2.24) is 30.0 Å². The number of pyridine rings is 1. The van der Waals surface area contributed by atoms with E-state index in [4.69, 9.17) is 9.05 Å². The minimum Gasteiger partial charge on any atom is -0.354 e. The zero-order chi connectivity index (χ0) is 31.5. The van der Waals surface area contributed by atoms with Gasteiger partial charge in [0.15, 0.2) is 5.69 Å². The van der Waals surface area contributed by atoms with Gasteiger partial charge in [-0.1, -0.05) is 12.1 Å². The van der Waals surface area contributed by atoms with E-state index in [1.165, 1.54) is 13.1 Å². The molecule has 1 atom stereocenters. The number of carbonyl (C=O) groups excluding carboxylic acids is 1. The fourth-order valence-electron chi connectivity index (χ4n) is 4.57. The average molecular weight is 631 g/mol. The Kier molecular flexibility index (Phi) is 9.00. The van der Waals surface area contributed by atoms with E-state index in [0.717, 1.165) is 0 Å². The predicted octanol–water partition coefficient (Wildman–Crippen LogP) is 6.06. The SMILES string of the molecule is CCO[P@@]1(=O)Cc2ccc(c(C)c2)Nc2ncc(C(F)(F)F)c(n2)Nc2ccc(nc2C(=O)NC)-c2cnn(c2)CCCO1. The Morgan fingerprint density at radius 1 is 1.16 bits per heavy atom. The smallest absolute Gasteiger partial charge is 0.354 e. The summed E-state index contributed by atoms with van der Waals surface area (Å²) in [6.07, 6.45) is -0.348. The molecule has 4 aromatic rings. The summed E-state index contributed by atoms with van der Waals surface area (Å²) >= 11 is 0. The molecule has 0 saturated carbocycles. The van der Waals surface area contributed by atoms with Crippen molar-refractivity contribution >= 4 is 36.6 Å². The summed E-state index contributed by atoms with van der Waals surface area (Å²) in [5.41, 5.74) is 1.58. The summed E-state index contributed by atoms with van der Waals surface area (Å²) in [7, 11) is -2.09. The van der Waals surface area contributed by atoms with Gasteiger partial charge in [0.1, 0.15) is 11.4 Å². The first-order valence-electron chi connectivity index (χ1n) is 13.7. The highest BCUT2D eigenvalue weighted by Gasteiger charge is 2.36. The van der Waals surface area contributed by atoms with E-state index in [-0.39, 0.29) is 36.7 Å². The first kappa shape index (κ1) is 31.1. The Morgan fingerprint density at radius 2 is 1.95 bits per heavy atom. The summed E-state index contributed by atoms with van der Waals surface area (Å²) in [4.78, 5) is 25.2. The van der Waals surface area contributed by atoms with Gasteiger partial charge >= 0.3 is 13.8 Å². The Morgan fingerprint density at radius 3 is 2.68 bits per heavy atom. The number of carbonyl (C=O) groups is 1. The maximum Gasteiger partial charge on any atom is 0.421 e. The number of anilines is 4. The molecule has 12 nitrogen and oxygen atoms in total. The number of nitrogens with zero attached hydrogens (tertiary/aromatic N) is 5. The molecule has 4 aliphatic heterocycles. The molecule has 0 spiro atoms. The second-order valence-corrected chi connectivity index (χ2v) is 11.9. The van der Waals surface area contributed by atoms with E-state index < -0.39 is 31.1 Å². The summed E-state index contributed by atoms with van der Waals surface area (Å²) < 4.78 is 68.5. The monoisotopic (exact) mass is 630 g/mol. The summed E-state index contributed by atoms with van der Waals surface area (Å²) in [5.74, 6) is -1.32. The van der Waals surface area contributed by atoms with Crippen LogP contribution in [-0.2, 0) is 32.5 Å². The molecule has 4 aliphatic rings. The van der Waals surface area contributed by atoms with Crippen LogP contribution in [0.3, 0.4) is 0 Å². The summed E-state index contributed by atoms with van der Waals surface area (Å²) in [6, 6.07) is 8.19.